The normalized spacial score (nSPS) is 10.7. The van der Waals surface area contributed by atoms with Gasteiger partial charge in [-0.3, -0.25) is 0 Å². The zero-order valence-electron chi connectivity index (χ0n) is 17.2. The second kappa shape index (κ2) is 9.97. The molecule has 3 aromatic carbocycles. The van der Waals surface area contributed by atoms with Crippen molar-refractivity contribution in [3.05, 3.63) is 87.2 Å². The van der Waals surface area contributed by atoms with Gasteiger partial charge < -0.3 is 14.6 Å². The summed E-state index contributed by atoms with van der Waals surface area (Å²) in [5.41, 5.74) is 5.08. The van der Waals surface area contributed by atoms with Crippen molar-refractivity contribution in [3.63, 3.8) is 0 Å². The maximum atomic E-state index is 10.7. The van der Waals surface area contributed by atoms with Crippen molar-refractivity contribution in [2.75, 3.05) is 6.61 Å². The minimum atomic E-state index is -1.01. The first-order valence-corrected chi connectivity index (χ1v) is 11.5. The number of carboxylic acids is 1. The molecule has 0 aliphatic heterocycles. The maximum Gasteiger partial charge on any atom is 0.341 e. The van der Waals surface area contributed by atoms with Crippen molar-refractivity contribution >= 4 is 33.2 Å². The lowest BCUT2D eigenvalue weighted by Gasteiger charge is -2.09. The van der Waals surface area contributed by atoms with Gasteiger partial charge in [0.1, 0.15) is 23.1 Å². The zero-order chi connectivity index (χ0) is 22.5. The predicted octanol–water partition coefficient (Wildman–Crippen LogP) is 6.59. The van der Waals surface area contributed by atoms with Gasteiger partial charge in [-0.2, -0.15) is 0 Å². The molecule has 5 nitrogen and oxygen atoms in total. The summed E-state index contributed by atoms with van der Waals surface area (Å²) < 4.78 is 12.1. The molecule has 0 fully saturated rings. The Morgan fingerprint density at radius 3 is 2.34 bits per heavy atom. The Kier molecular flexibility index (Phi) is 6.87. The minimum Gasteiger partial charge on any atom is -0.486 e. The summed E-state index contributed by atoms with van der Waals surface area (Å²) in [5.74, 6) is 0.188. The summed E-state index contributed by atoms with van der Waals surface area (Å²) in [7, 11) is 0. The molecule has 0 amide bonds. The standard InChI is InChI=1S/C25H20BrNO4S/c1-16-13-20(11-12-21(16)31-15-23(28)29)30-14-22-27-24(25(26)32-22)19-9-7-18(8-10-19)17-5-3-2-4-6-17/h2-13H,14-15H2,1H3,(H,28,29). The van der Waals surface area contributed by atoms with E-state index in [2.05, 4.69) is 52.3 Å². The van der Waals surface area contributed by atoms with Crippen LogP contribution in [0, 0.1) is 6.92 Å². The van der Waals surface area contributed by atoms with Gasteiger partial charge in [0.05, 0.1) is 9.48 Å². The molecule has 1 aromatic heterocycles. The number of aromatic nitrogens is 1. The number of thiazole rings is 1. The third-order valence-corrected chi connectivity index (χ3v) is 6.43. The van der Waals surface area contributed by atoms with Crippen LogP contribution in [0.15, 0.2) is 76.6 Å². The summed E-state index contributed by atoms with van der Waals surface area (Å²) >= 11 is 5.17. The van der Waals surface area contributed by atoms with Crippen LogP contribution in [0.25, 0.3) is 22.4 Å². The second-order valence-corrected chi connectivity index (χ2v) is 9.47. The van der Waals surface area contributed by atoms with E-state index in [1.807, 2.05) is 31.2 Å². The molecule has 0 unspecified atom stereocenters. The number of halogens is 1. The summed E-state index contributed by atoms with van der Waals surface area (Å²) in [4.78, 5) is 15.4. The highest BCUT2D eigenvalue weighted by molar-refractivity contribution is 9.11. The molecule has 32 heavy (non-hydrogen) atoms. The molecule has 1 N–H and O–H groups in total. The quantitative estimate of drug-likeness (QED) is 0.290. The van der Waals surface area contributed by atoms with E-state index in [1.165, 1.54) is 16.9 Å². The molecular formula is C25H20BrNO4S. The Balaban J connectivity index is 1.43. The third kappa shape index (κ3) is 5.36. The second-order valence-electron chi connectivity index (χ2n) is 7.07. The number of carboxylic acid groups (broad SMARTS) is 1. The Labute approximate surface area is 198 Å². The van der Waals surface area contributed by atoms with E-state index in [0.29, 0.717) is 18.1 Å². The summed E-state index contributed by atoms with van der Waals surface area (Å²) in [6.45, 7) is 1.81. The van der Waals surface area contributed by atoms with Crippen LogP contribution in [0.1, 0.15) is 10.6 Å². The highest BCUT2D eigenvalue weighted by Crippen LogP contribution is 2.34. The molecule has 162 valence electrons. The van der Waals surface area contributed by atoms with Crippen molar-refractivity contribution in [1.29, 1.82) is 0 Å². The highest BCUT2D eigenvalue weighted by atomic mass is 79.9. The third-order valence-electron chi connectivity index (χ3n) is 4.76. The fourth-order valence-corrected chi connectivity index (χ4v) is 4.79. The fourth-order valence-electron chi connectivity index (χ4n) is 3.19. The molecule has 0 aliphatic rings. The van der Waals surface area contributed by atoms with E-state index in [0.717, 1.165) is 31.2 Å². The molecule has 4 rings (SSSR count). The molecule has 0 atom stereocenters. The van der Waals surface area contributed by atoms with Crippen molar-refractivity contribution in [2.45, 2.75) is 13.5 Å². The van der Waals surface area contributed by atoms with Crippen molar-refractivity contribution in [1.82, 2.24) is 4.98 Å². The lowest BCUT2D eigenvalue weighted by Crippen LogP contribution is -2.10. The molecule has 1 heterocycles. The van der Waals surface area contributed by atoms with E-state index in [1.54, 1.807) is 12.1 Å². The van der Waals surface area contributed by atoms with Crippen molar-refractivity contribution in [2.24, 2.45) is 0 Å². The lowest BCUT2D eigenvalue weighted by atomic mass is 10.0. The van der Waals surface area contributed by atoms with Gasteiger partial charge in [-0.25, -0.2) is 9.78 Å². The molecule has 0 spiro atoms. The van der Waals surface area contributed by atoms with Crippen LogP contribution in [0.2, 0.25) is 0 Å². The lowest BCUT2D eigenvalue weighted by molar-refractivity contribution is -0.139. The van der Waals surface area contributed by atoms with E-state index in [9.17, 15) is 4.79 Å². The van der Waals surface area contributed by atoms with Crippen LogP contribution >= 0.6 is 27.3 Å². The zero-order valence-corrected chi connectivity index (χ0v) is 19.7. The van der Waals surface area contributed by atoms with Crippen LogP contribution in [0.5, 0.6) is 11.5 Å². The Hall–Kier alpha value is -3.16. The molecule has 4 aromatic rings. The highest BCUT2D eigenvalue weighted by Gasteiger charge is 2.12. The first-order valence-electron chi connectivity index (χ1n) is 9.88. The number of rotatable bonds is 8. The predicted molar refractivity (Wildman–Crippen MR) is 129 cm³/mol. The SMILES string of the molecule is Cc1cc(OCc2nc(-c3ccc(-c4ccccc4)cc3)c(Br)s2)ccc1OCC(=O)O. The van der Waals surface area contributed by atoms with E-state index < -0.39 is 5.97 Å². The minimum absolute atomic E-state index is 0.333. The number of benzene rings is 3. The van der Waals surface area contributed by atoms with E-state index in [4.69, 9.17) is 19.6 Å². The van der Waals surface area contributed by atoms with Crippen LogP contribution < -0.4 is 9.47 Å². The van der Waals surface area contributed by atoms with Crippen LogP contribution in [0.4, 0.5) is 0 Å². The van der Waals surface area contributed by atoms with Gasteiger partial charge in [-0.15, -0.1) is 11.3 Å². The first kappa shape index (κ1) is 22.0. The number of hydrogen-bond donors (Lipinski definition) is 1. The van der Waals surface area contributed by atoms with Gasteiger partial charge in [0.15, 0.2) is 6.61 Å². The van der Waals surface area contributed by atoms with Gasteiger partial charge in [-0.05, 0) is 57.7 Å². The van der Waals surface area contributed by atoms with Crippen LogP contribution in [0.3, 0.4) is 0 Å². The summed E-state index contributed by atoms with van der Waals surface area (Å²) in [5, 5.41) is 9.59. The molecule has 0 saturated heterocycles. The van der Waals surface area contributed by atoms with Gasteiger partial charge in [-0.1, -0.05) is 54.6 Å². The monoisotopic (exact) mass is 509 g/mol. The topological polar surface area (TPSA) is 68.7 Å². The number of carbonyl (C=O) groups is 1. The number of aryl methyl sites for hydroxylation is 1. The first-order chi connectivity index (χ1) is 15.5. The smallest absolute Gasteiger partial charge is 0.341 e. The van der Waals surface area contributed by atoms with Crippen molar-refractivity contribution in [3.8, 4) is 33.9 Å². The Morgan fingerprint density at radius 1 is 0.969 bits per heavy atom. The molecule has 0 aliphatic carbocycles. The van der Waals surface area contributed by atoms with E-state index >= 15 is 0 Å². The summed E-state index contributed by atoms with van der Waals surface area (Å²) in [6.07, 6.45) is 0. The van der Waals surface area contributed by atoms with E-state index in [-0.39, 0.29) is 6.61 Å². The summed E-state index contributed by atoms with van der Waals surface area (Å²) in [6, 6.07) is 23.9. The number of aliphatic carboxylic acids is 1. The van der Waals surface area contributed by atoms with Gasteiger partial charge in [0.25, 0.3) is 0 Å². The largest absolute Gasteiger partial charge is 0.486 e. The van der Waals surface area contributed by atoms with Gasteiger partial charge in [0, 0.05) is 5.56 Å². The fraction of sp³-hybridized carbons (Fsp3) is 0.120. The Bertz CT molecular complexity index is 1220. The Morgan fingerprint density at radius 2 is 1.66 bits per heavy atom. The molecule has 7 heteroatoms. The van der Waals surface area contributed by atoms with Crippen molar-refractivity contribution < 1.29 is 19.4 Å². The van der Waals surface area contributed by atoms with Gasteiger partial charge in [0.2, 0.25) is 0 Å². The molecule has 0 saturated carbocycles. The molecule has 0 bridgehead atoms. The van der Waals surface area contributed by atoms with Crippen LogP contribution in [-0.4, -0.2) is 22.7 Å². The average molecular weight is 510 g/mol. The van der Waals surface area contributed by atoms with Gasteiger partial charge >= 0.3 is 5.97 Å². The molecular weight excluding hydrogens is 490 g/mol. The number of ether oxygens (including phenoxy) is 2. The number of hydrogen-bond acceptors (Lipinski definition) is 5. The maximum absolute atomic E-state index is 10.7. The number of nitrogens with zero attached hydrogens (tertiary/aromatic N) is 1. The molecule has 0 radical (unpaired) electrons. The average Bonchev–Trinajstić information content (AvgIpc) is 3.18. The van der Waals surface area contributed by atoms with Crippen LogP contribution in [-0.2, 0) is 11.4 Å².